The van der Waals surface area contributed by atoms with Crippen LogP contribution in [-0.2, 0) is 6.54 Å². The molecule has 1 aliphatic rings. The van der Waals surface area contributed by atoms with E-state index in [0.717, 1.165) is 5.56 Å². The first kappa shape index (κ1) is 10.7. The van der Waals surface area contributed by atoms with Crippen LogP contribution in [0, 0.1) is 0 Å². The number of carbonyl (C=O) groups excluding carboxylic acids is 1. The zero-order valence-electron chi connectivity index (χ0n) is 9.47. The Bertz CT molecular complexity index is 437. The third kappa shape index (κ3) is 1.66. The molecule has 2 N–H and O–H groups in total. The van der Waals surface area contributed by atoms with E-state index in [1.165, 1.54) is 0 Å². The van der Waals surface area contributed by atoms with Gasteiger partial charge in [0.1, 0.15) is 5.84 Å². The minimum Gasteiger partial charge on any atom is -0.385 e. The third-order valence-corrected chi connectivity index (χ3v) is 2.93. The zero-order chi connectivity index (χ0) is 11.8. The number of rotatable bonds is 2. The lowest BCUT2D eigenvalue weighted by Crippen LogP contribution is -2.48. The number of amides is 2. The van der Waals surface area contributed by atoms with E-state index in [0.29, 0.717) is 12.4 Å². The number of hydrogen-bond donors (Lipinski definition) is 1. The van der Waals surface area contributed by atoms with Gasteiger partial charge in [-0.1, -0.05) is 30.3 Å². The molecule has 0 radical (unpaired) electrons. The highest BCUT2D eigenvalue weighted by Gasteiger charge is 2.40. The van der Waals surface area contributed by atoms with Crippen molar-refractivity contribution in [3.63, 3.8) is 0 Å². The Hall–Kier alpha value is -1.84. The Morgan fingerprint density at radius 2 is 1.94 bits per heavy atom. The summed E-state index contributed by atoms with van der Waals surface area (Å²) in [6.45, 7) is 4.34. The predicted octanol–water partition coefficient (Wildman–Crippen LogP) is 1.76. The van der Waals surface area contributed by atoms with Gasteiger partial charge in [0.15, 0.2) is 0 Å². The van der Waals surface area contributed by atoms with E-state index < -0.39 is 5.54 Å². The predicted molar refractivity (Wildman–Crippen MR) is 63.1 cm³/mol. The molecule has 4 nitrogen and oxygen atoms in total. The topological polar surface area (TPSA) is 58.7 Å². The Morgan fingerprint density at radius 1 is 1.31 bits per heavy atom. The summed E-state index contributed by atoms with van der Waals surface area (Å²) in [6, 6.07) is 9.56. The van der Waals surface area contributed by atoms with E-state index in [1.807, 2.05) is 44.2 Å². The molecule has 16 heavy (non-hydrogen) atoms. The number of aliphatic imine (C=N–C) groups is 1. The zero-order valence-corrected chi connectivity index (χ0v) is 9.47. The van der Waals surface area contributed by atoms with Crippen LogP contribution in [0.1, 0.15) is 19.4 Å². The highest BCUT2D eigenvalue weighted by atomic mass is 16.2. The van der Waals surface area contributed by atoms with Crippen molar-refractivity contribution in [1.82, 2.24) is 4.90 Å². The minimum absolute atomic E-state index is 0.258. The minimum atomic E-state index is -0.493. The van der Waals surface area contributed by atoms with E-state index in [4.69, 9.17) is 5.73 Å². The Balaban J connectivity index is 2.21. The maximum atomic E-state index is 11.7. The molecule has 1 aromatic rings. The van der Waals surface area contributed by atoms with Crippen LogP contribution in [0.2, 0.25) is 0 Å². The lowest BCUT2D eigenvalue weighted by molar-refractivity contribution is 0.181. The summed E-state index contributed by atoms with van der Waals surface area (Å²) in [5.41, 5.74) is 6.32. The average Bonchev–Trinajstić information content (AvgIpc) is 2.43. The molecular formula is C12H15N3O. The van der Waals surface area contributed by atoms with E-state index in [-0.39, 0.29) is 6.03 Å². The van der Waals surface area contributed by atoms with Crippen LogP contribution in [0.25, 0.3) is 0 Å². The van der Waals surface area contributed by atoms with Gasteiger partial charge in [-0.05, 0) is 19.4 Å². The summed E-state index contributed by atoms with van der Waals surface area (Å²) in [5.74, 6) is 0.383. The van der Waals surface area contributed by atoms with Crippen molar-refractivity contribution in [1.29, 1.82) is 0 Å². The molecule has 2 amide bonds. The van der Waals surface area contributed by atoms with Crippen molar-refractivity contribution in [3.05, 3.63) is 35.9 Å². The van der Waals surface area contributed by atoms with Crippen LogP contribution in [0.15, 0.2) is 35.3 Å². The number of nitrogens with two attached hydrogens (primary N) is 1. The number of carbonyl (C=O) groups is 1. The van der Waals surface area contributed by atoms with Gasteiger partial charge in [-0.25, -0.2) is 4.79 Å². The molecule has 0 fully saturated rings. The number of amidine groups is 1. The molecule has 1 aliphatic heterocycles. The summed E-state index contributed by atoms with van der Waals surface area (Å²) in [5, 5.41) is 0. The van der Waals surface area contributed by atoms with Crippen LogP contribution in [0.3, 0.4) is 0 Å². The fraction of sp³-hybridized carbons (Fsp3) is 0.333. The summed E-state index contributed by atoms with van der Waals surface area (Å²) >= 11 is 0. The van der Waals surface area contributed by atoms with Gasteiger partial charge >= 0.3 is 6.03 Å². The Labute approximate surface area is 94.8 Å². The van der Waals surface area contributed by atoms with Gasteiger partial charge in [-0.15, -0.1) is 0 Å². The normalized spacial score (nSPS) is 18.8. The Morgan fingerprint density at radius 3 is 2.44 bits per heavy atom. The molecule has 0 unspecified atom stereocenters. The van der Waals surface area contributed by atoms with E-state index in [9.17, 15) is 4.79 Å². The highest BCUT2D eigenvalue weighted by molar-refractivity contribution is 6.05. The number of urea groups is 1. The molecule has 0 bridgehead atoms. The Kier molecular flexibility index (Phi) is 2.42. The molecule has 0 spiro atoms. The fourth-order valence-corrected chi connectivity index (χ4v) is 1.71. The molecule has 0 saturated heterocycles. The first-order chi connectivity index (χ1) is 7.51. The van der Waals surface area contributed by atoms with Gasteiger partial charge in [-0.2, -0.15) is 4.99 Å². The molecule has 0 saturated carbocycles. The molecule has 1 aromatic carbocycles. The smallest absolute Gasteiger partial charge is 0.346 e. The van der Waals surface area contributed by atoms with Gasteiger partial charge in [0.2, 0.25) is 0 Å². The van der Waals surface area contributed by atoms with Crippen molar-refractivity contribution in [2.45, 2.75) is 25.9 Å². The van der Waals surface area contributed by atoms with Gasteiger partial charge in [0.25, 0.3) is 0 Å². The van der Waals surface area contributed by atoms with Crippen molar-refractivity contribution >= 4 is 11.9 Å². The fourth-order valence-electron chi connectivity index (χ4n) is 1.71. The van der Waals surface area contributed by atoms with Gasteiger partial charge in [-0.3, -0.25) is 0 Å². The summed E-state index contributed by atoms with van der Waals surface area (Å²) in [4.78, 5) is 17.1. The van der Waals surface area contributed by atoms with Crippen LogP contribution in [0.4, 0.5) is 4.79 Å². The maximum Gasteiger partial charge on any atom is 0.346 e. The lowest BCUT2D eigenvalue weighted by Gasteiger charge is -2.30. The molecule has 0 atom stereocenters. The molecular weight excluding hydrogens is 202 g/mol. The number of nitrogens with zero attached hydrogens (tertiary/aromatic N) is 2. The second-order valence-corrected chi connectivity index (χ2v) is 4.41. The second kappa shape index (κ2) is 3.63. The lowest BCUT2D eigenvalue weighted by atomic mass is 10.0. The van der Waals surface area contributed by atoms with Crippen LogP contribution in [-0.4, -0.2) is 22.3 Å². The van der Waals surface area contributed by atoms with Crippen LogP contribution in [0.5, 0.6) is 0 Å². The maximum absolute atomic E-state index is 11.7. The van der Waals surface area contributed by atoms with E-state index in [2.05, 4.69) is 4.99 Å². The van der Waals surface area contributed by atoms with Gasteiger partial charge < -0.3 is 10.6 Å². The average molecular weight is 217 g/mol. The van der Waals surface area contributed by atoms with Crippen LogP contribution < -0.4 is 5.73 Å². The number of benzene rings is 1. The monoisotopic (exact) mass is 217 g/mol. The van der Waals surface area contributed by atoms with Crippen molar-refractivity contribution in [3.8, 4) is 0 Å². The molecule has 0 aliphatic carbocycles. The largest absolute Gasteiger partial charge is 0.385 e. The van der Waals surface area contributed by atoms with E-state index in [1.54, 1.807) is 4.90 Å². The summed E-state index contributed by atoms with van der Waals surface area (Å²) in [6.07, 6.45) is 0. The quantitative estimate of drug-likeness (QED) is 0.820. The molecule has 4 heteroatoms. The number of hydrogen-bond acceptors (Lipinski definition) is 2. The van der Waals surface area contributed by atoms with Gasteiger partial charge in [0, 0.05) is 6.54 Å². The van der Waals surface area contributed by atoms with Crippen molar-refractivity contribution in [2.24, 2.45) is 10.7 Å². The molecule has 1 heterocycles. The van der Waals surface area contributed by atoms with Crippen molar-refractivity contribution < 1.29 is 4.79 Å². The first-order valence-corrected chi connectivity index (χ1v) is 5.22. The first-order valence-electron chi connectivity index (χ1n) is 5.22. The summed E-state index contributed by atoms with van der Waals surface area (Å²) < 4.78 is 0. The molecule has 2 rings (SSSR count). The second-order valence-electron chi connectivity index (χ2n) is 4.41. The third-order valence-electron chi connectivity index (χ3n) is 2.93. The summed E-state index contributed by atoms with van der Waals surface area (Å²) in [7, 11) is 0. The standard InChI is InChI=1S/C12H15N3O/c1-12(2)10(13)14-11(16)15(12)8-9-6-4-3-5-7-9/h3-7H,8H2,1-2H3,(H2,13,14,16). The van der Waals surface area contributed by atoms with Gasteiger partial charge in [0.05, 0.1) is 5.54 Å². The molecule has 84 valence electrons. The highest BCUT2D eigenvalue weighted by Crippen LogP contribution is 2.24. The SMILES string of the molecule is CC1(C)C(N)=NC(=O)N1Cc1ccccc1. The van der Waals surface area contributed by atoms with Crippen molar-refractivity contribution in [2.75, 3.05) is 0 Å². The van der Waals surface area contributed by atoms with E-state index >= 15 is 0 Å². The van der Waals surface area contributed by atoms with Crippen LogP contribution >= 0.6 is 0 Å². The molecule has 0 aromatic heterocycles.